The number of nitrogens with one attached hydrogen (secondary N) is 1. The monoisotopic (exact) mass is 353 g/mol. The zero-order valence-electron chi connectivity index (χ0n) is 9.65. The van der Waals surface area contributed by atoms with Crippen LogP contribution in [0.5, 0.6) is 0 Å². The molecule has 1 aromatic carbocycles. The van der Waals surface area contributed by atoms with Crippen LogP contribution in [0.1, 0.15) is 0 Å². The maximum atomic E-state index is 6.25. The zero-order chi connectivity index (χ0) is 13.4. The van der Waals surface area contributed by atoms with Gasteiger partial charge in [0.2, 0.25) is 0 Å². The Hall–Kier alpha value is -1.30. The first kappa shape index (κ1) is 12.7. The first-order chi connectivity index (χ1) is 9.16. The van der Waals surface area contributed by atoms with E-state index in [0.29, 0.717) is 10.8 Å². The van der Waals surface area contributed by atoms with E-state index < -0.39 is 0 Å². The Bertz CT molecular complexity index is 735. The second-order valence-electron chi connectivity index (χ2n) is 3.98. The van der Waals surface area contributed by atoms with Gasteiger partial charge in [0.15, 0.2) is 5.82 Å². The fraction of sp³-hybridized carbons (Fsp3) is 0. The molecule has 96 valence electrons. The number of anilines is 1. The lowest BCUT2D eigenvalue weighted by molar-refractivity contribution is 1.10. The Morgan fingerprint density at radius 3 is 2.79 bits per heavy atom. The van der Waals surface area contributed by atoms with Gasteiger partial charge in [0.05, 0.1) is 15.0 Å². The molecule has 0 atom stereocenters. The van der Waals surface area contributed by atoms with Crippen molar-refractivity contribution in [1.82, 2.24) is 10.2 Å². The topological polar surface area (TPSA) is 54.7 Å². The molecule has 0 bridgehead atoms. The largest absolute Gasteiger partial charge is 0.382 e. The van der Waals surface area contributed by atoms with Crippen molar-refractivity contribution in [3.05, 3.63) is 44.5 Å². The smallest absolute Gasteiger partial charge is 0.153 e. The van der Waals surface area contributed by atoms with Crippen molar-refractivity contribution >= 4 is 44.7 Å². The predicted molar refractivity (Wildman–Crippen MR) is 84.5 cm³/mol. The average Bonchev–Trinajstić information content (AvgIpc) is 2.96. The molecule has 19 heavy (non-hydrogen) atoms. The third-order valence-corrected chi connectivity index (χ3v) is 4.63. The molecule has 0 fully saturated rings. The molecule has 3 rings (SSSR count). The standard InChI is InChI=1S/C13H9BrClN3S/c14-10-5-7(6-19-10)12-11(13(16)18-17-12)8-3-1-2-4-9(8)15/h1-6H,(H3,16,17,18). The summed E-state index contributed by atoms with van der Waals surface area (Å²) in [6.45, 7) is 0. The molecular weight excluding hydrogens is 346 g/mol. The number of nitrogen functional groups attached to an aromatic ring is 1. The van der Waals surface area contributed by atoms with Crippen molar-refractivity contribution in [2.45, 2.75) is 0 Å². The summed E-state index contributed by atoms with van der Waals surface area (Å²) in [5.74, 6) is 0.449. The summed E-state index contributed by atoms with van der Waals surface area (Å²) in [7, 11) is 0. The number of thiophene rings is 1. The van der Waals surface area contributed by atoms with Gasteiger partial charge in [0.1, 0.15) is 0 Å². The van der Waals surface area contributed by atoms with Gasteiger partial charge in [-0.25, -0.2) is 0 Å². The van der Waals surface area contributed by atoms with Crippen LogP contribution in [0.3, 0.4) is 0 Å². The minimum absolute atomic E-state index is 0.449. The number of halogens is 2. The Morgan fingerprint density at radius 2 is 2.11 bits per heavy atom. The van der Waals surface area contributed by atoms with Crippen LogP contribution in [0.25, 0.3) is 22.4 Å². The first-order valence-corrected chi connectivity index (χ1v) is 7.55. The summed E-state index contributed by atoms with van der Waals surface area (Å²) in [6, 6.07) is 9.63. The molecule has 0 unspecified atom stereocenters. The van der Waals surface area contributed by atoms with Crippen molar-refractivity contribution in [3.63, 3.8) is 0 Å². The molecule has 6 heteroatoms. The minimum atomic E-state index is 0.449. The normalized spacial score (nSPS) is 10.8. The van der Waals surface area contributed by atoms with Gasteiger partial charge in [-0.15, -0.1) is 11.3 Å². The second-order valence-corrected chi connectivity index (χ2v) is 6.68. The Kier molecular flexibility index (Phi) is 3.35. The summed E-state index contributed by atoms with van der Waals surface area (Å²) in [4.78, 5) is 0. The lowest BCUT2D eigenvalue weighted by Crippen LogP contribution is -1.89. The van der Waals surface area contributed by atoms with Gasteiger partial charge in [-0.05, 0) is 28.1 Å². The maximum Gasteiger partial charge on any atom is 0.153 e. The molecule has 3 nitrogen and oxygen atoms in total. The van der Waals surface area contributed by atoms with Crippen LogP contribution in [0.2, 0.25) is 5.02 Å². The Labute approximate surface area is 127 Å². The summed E-state index contributed by atoms with van der Waals surface area (Å²) >= 11 is 11.3. The number of nitrogens with zero attached hydrogens (tertiary/aromatic N) is 1. The first-order valence-electron chi connectivity index (χ1n) is 5.50. The van der Waals surface area contributed by atoms with Gasteiger partial charge in [-0.2, -0.15) is 5.10 Å². The summed E-state index contributed by atoms with van der Waals surface area (Å²) < 4.78 is 1.06. The number of hydrogen-bond donors (Lipinski definition) is 2. The third-order valence-electron chi connectivity index (χ3n) is 2.79. The molecule has 0 aliphatic rings. The van der Waals surface area contributed by atoms with Crippen LogP contribution in [-0.2, 0) is 0 Å². The van der Waals surface area contributed by atoms with Gasteiger partial charge in [-0.3, -0.25) is 5.10 Å². The summed E-state index contributed by atoms with van der Waals surface area (Å²) in [5, 5.41) is 9.78. The molecule has 0 amide bonds. The van der Waals surface area contributed by atoms with Crippen LogP contribution in [0.4, 0.5) is 5.82 Å². The van der Waals surface area contributed by atoms with Crippen LogP contribution < -0.4 is 5.73 Å². The lowest BCUT2D eigenvalue weighted by Gasteiger charge is -2.05. The van der Waals surface area contributed by atoms with E-state index in [1.807, 2.05) is 35.7 Å². The lowest BCUT2D eigenvalue weighted by atomic mass is 10.0. The fourth-order valence-electron chi connectivity index (χ4n) is 1.94. The molecule has 0 saturated carbocycles. The van der Waals surface area contributed by atoms with Crippen LogP contribution in [0, 0.1) is 0 Å². The number of nitrogens with two attached hydrogens (primary N) is 1. The van der Waals surface area contributed by atoms with E-state index >= 15 is 0 Å². The summed E-state index contributed by atoms with van der Waals surface area (Å²) in [5.41, 5.74) is 9.62. The highest BCUT2D eigenvalue weighted by atomic mass is 79.9. The van der Waals surface area contributed by atoms with Gasteiger partial charge < -0.3 is 5.73 Å². The van der Waals surface area contributed by atoms with Gasteiger partial charge in [0, 0.05) is 21.5 Å². The van der Waals surface area contributed by atoms with Gasteiger partial charge in [0.25, 0.3) is 0 Å². The van der Waals surface area contributed by atoms with Gasteiger partial charge in [-0.1, -0.05) is 29.8 Å². The van der Waals surface area contributed by atoms with E-state index in [1.165, 1.54) is 0 Å². The molecule has 0 spiro atoms. The number of aromatic nitrogens is 2. The van der Waals surface area contributed by atoms with E-state index in [-0.39, 0.29) is 0 Å². The third kappa shape index (κ3) is 2.29. The highest BCUT2D eigenvalue weighted by molar-refractivity contribution is 9.11. The minimum Gasteiger partial charge on any atom is -0.382 e. The van der Waals surface area contributed by atoms with Crippen LogP contribution in [0.15, 0.2) is 39.5 Å². The maximum absolute atomic E-state index is 6.25. The number of rotatable bonds is 2. The molecule has 3 N–H and O–H groups in total. The number of aromatic amines is 1. The molecule has 3 aromatic rings. The van der Waals surface area contributed by atoms with Crippen LogP contribution >= 0.6 is 38.9 Å². The molecule has 2 aromatic heterocycles. The van der Waals surface area contributed by atoms with E-state index in [1.54, 1.807) is 11.3 Å². The highest BCUT2D eigenvalue weighted by Gasteiger charge is 2.17. The molecule has 0 saturated heterocycles. The molecule has 0 radical (unpaired) electrons. The number of H-pyrrole nitrogens is 1. The SMILES string of the molecule is Nc1n[nH]c(-c2csc(Br)c2)c1-c1ccccc1Cl. The highest BCUT2D eigenvalue weighted by Crippen LogP contribution is 2.40. The van der Waals surface area contributed by atoms with Crippen molar-refractivity contribution < 1.29 is 0 Å². The van der Waals surface area contributed by atoms with Crippen LogP contribution in [-0.4, -0.2) is 10.2 Å². The Morgan fingerprint density at radius 1 is 1.32 bits per heavy atom. The van der Waals surface area contributed by atoms with E-state index in [9.17, 15) is 0 Å². The Balaban J connectivity index is 2.22. The summed E-state index contributed by atoms with van der Waals surface area (Å²) in [6.07, 6.45) is 0. The van der Waals surface area contributed by atoms with Crippen molar-refractivity contribution in [2.24, 2.45) is 0 Å². The molecular formula is C13H9BrClN3S. The van der Waals surface area contributed by atoms with E-state index in [0.717, 1.165) is 26.2 Å². The molecule has 0 aliphatic heterocycles. The van der Waals surface area contributed by atoms with Crippen molar-refractivity contribution in [1.29, 1.82) is 0 Å². The van der Waals surface area contributed by atoms with Gasteiger partial charge >= 0.3 is 0 Å². The molecule has 2 heterocycles. The number of benzene rings is 1. The van der Waals surface area contributed by atoms with Crippen molar-refractivity contribution in [2.75, 3.05) is 5.73 Å². The quantitative estimate of drug-likeness (QED) is 0.694. The molecule has 0 aliphatic carbocycles. The van der Waals surface area contributed by atoms with Crippen molar-refractivity contribution in [3.8, 4) is 22.4 Å². The second kappa shape index (κ2) is 5.00. The predicted octanol–water partition coefficient (Wildman–Crippen LogP) is 4.80. The van der Waals surface area contributed by atoms with E-state index in [2.05, 4.69) is 26.1 Å². The average molecular weight is 355 g/mol. The van der Waals surface area contributed by atoms with E-state index in [4.69, 9.17) is 17.3 Å². The number of hydrogen-bond acceptors (Lipinski definition) is 3. The fourth-order valence-corrected chi connectivity index (χ4v) is 3.32. The zero-order valence-corrected chi connectivity index (χ0v) is 12.8.